The minimum absolute atomic E-state index is 0.0819. The maximum absolute atomic E-state index is 12.1. The topological polar surface area (TPSA) is 83.6 Å². The molecule has 6 nitrogen and oxygen atoms in total. The van der Waals surface area contributed by atoms with Crippen LogP contribution < -0.4 is 5.32 Å². The van der Waals surface area contributed by atoms with Gasteiger partial charge in [0, 0.05) is 23.6 Å². The fourth-order valence-electron chi connectivity index (χ4n) is 2.41. The van der Waals surface area contributed by atoms with Crippen molar-refractivity contribution >= 4 is 23.4 Å². The maximum Gasteiger partial charge on any atom is 0.234 e. The van der Waals surface area contributed by atoms with E-state index in [0.29, 0.717) is 16.9 Å². The lowest BCUT2D eigenvalue weighted by atomic mass is 9.99. The quantitative estimate of drug-likeness (QED) is 0.614. The molecule has 0 fully saturated rings. The van der Waals surface area contributed by atoms with Crippen LogP contribution in [-0.2, 0) is 4.79 Å². The number of hydrogen-bond acceptors (Lipinski definition) is 5. The van der Waals surface area contributed by atoms with E-state index in [-0.39, 0.29) is 11.7 Å². The van der Waals surface area contributed by atoms with Crippen LogP contribution in [0.15, 0.2) is 53.9 Å². The Hall–Kier alpha value is -2.67. The van der Waals surface area contributed by atoms with Gasteiger partial charge >= 0.3 is 0 Å². The highest BCUT2D eigenvalue weighted by Crippen LogP contribution is 2.21. The first-order valence-electron chi connectivity index (χ1n) is 8.51. The van der Waals surface area contributed by atoms with Crippen LogP contribution in [0, 0.1) is 0 Å². The molecule has 0 spiro atoms. The van der Waals surface area contributed by atoms with Gasteiger partial charge in [0.1, 0.15) is 0 Å². The minimum atomic E-state index is -0.0819. The third-order valence-corrected chi connectivity index (χ3v) is 4.97. The fraction of sp³-hybridized carbons (Fsp3) is 0.263. The van der Waals surface area contributed by atoms with E-state index < -0.39 is 0 Å². The summed E-state index contributed by atoms with van der Waals surface area (Å²) in [6, 6.07) is 11.7. The highest BCUT2D eigenvalue weighted by Gasteiger charge is 2.10. The number of rotatable bonds is 7. The number of nitrogens with zero attached hydrogens (tertiary/aromatic N) is 3. The summed E-state index contributed by atoms with van der Waals surface area (Å²) in [6.45, 7) is 4.36. The van der Waals surface area contributed by atoms with E-state index in [0.717, 1.165) is 17.7 Å². The lowest BCUT2D eigenvalue weighted by molar-refractivity contribution is -0.113. The van der Waals surface area contributed by atoms with Crippen molar-refractivity contribution in [2.45, 2.75) is 31.3 Å². The number of carbonyl (C=O) groups is 1. The number of nitrogens with one attached hydrogen (secondary N) is 2. The number of anilines is 1. The summed E-state index contributed by atoms with van der Waals surface area (Å²) in [4.78, 5) is 20.5. The molecule has 0 aliphatic rings. The summed E-state index contributed by atoms with van der Waals surface area (Å²) in [5.41, 5.74) is 2.99. The van der Waals surface area contributed by atoms with Gasteiger partial charge in [-0.2, -0.15) is 0 Å². The summed E-state index contributed by atoms with van der Waals surface area (Å²) >= 11 is 1.29. The van der Waals surface area contributed by atoms with Crippen LogP contribution in [0.4, 0.5) is 5.69 Å². The minimum Gasteiger partial charge on any atom is -0.325 e. The third kappa shape index (κ3) is 4.70. The second kappa shape index (κ2) is 8.62. The number of amides is 1. The molecule has 0 bridgehead atoms. The zero-order chi connectivity index (χ0) is 18.4. The van der Waals surface area contributed by atoms with Gasteiger partial charge in [-0.25, -0.2) is 4.98 Å². The van der Waals surface area contributed by atoms with Gasteiger partial charge in [-0.1, -0.05) is 37.7 Å². The zero-order valence-corrected chi connectivity index (χ0v) is 15.6. The fourth-order valence-corrected chi connectivity index (χ4v) is 3.01. The van der Waals surface area contributed by atoms with Gasteiger partial charge in [-0.05, 0) is 42.2 Å². The zero-order valence-electron chi connectivity index (χ0n) is 14.8. The van der Waals surface area contributed by atoms with Gasteiger partial charge in [0.05, 0.1) is 5.75 Å². The molecule has 0 aliphatic heterocycles. The summed E-state index contributed by atoms with van der Waals surface area (Å²) in [6.07, 6.45) is 4.50. The van der Waals surface area contributed by atoms with Crippen LogP contribution in [0.1, 0.15) is 31.7 Å². The van der Waals surface area contributed by atoms with Crippen LogP contribution in [0.5, 0.6) is 0 Å². The SMILES string of the molecule is CC[C@@H](C)c1ccc(NC(=O)CSc2n[nH]c(-c3ccncc3)n2)cc1. The largest absolute Gasteiger partial charge is 0.325 e. The molecule has 0 aliphatic carbocycles. The van der Waals surface area contributed by atoms with Crippen molar-refractivity contribution in [1.82, 2.24) is 20.2 Å². The van der Waals surface area contributed by atoms with Crippen molar-refractivity contribution in [3.05, 3.63) is 54.4 Å². The number of carbonyl (C=O) groups excluding carboxylic acids is 1. The van der Waals surface area contributed by atoms with E-state index in [4.69, 9.17) is 0 Å². The Kier molecular flexibility index (Phi) is 6.01. The Labute approximate surface area is 156 Å². The number of H-pyrrole nitrogens is 1. The Morgan fingerprint density at radius 3 is 2.62 bits per heavy atom. The van der Waals surface area contributed by atoms with Gasteiger partial charge in [-0.3, -0.25) is 14.9 Å². The summed E-state index contributed by atoms with van der Waals surface area (Å²) in [5, 5.41) is 10.5. The van der Waals surface area contributed by atoms with Gasteiger partial charge < -0.3 is 5.32 Å². The second-order valence-corrected chi connectivity index (χ2v) is 6.91. The van der Waals surface area contributed by atoms with Crippen LogP contribution in [-0.4, -0.2) is 31.8 Å². The van der Waals surface area contributed by atoms with Crippen molar-refractivity contribution < 1.29 is 4.79 Å². The normalized spacial score (nSPS) is 11.9. The van der Waals surface area contributed by atoms with Crippen LogP contribution in [0.25, 0.3) is 11.4 Å². The first-order valence-corrected chi connectivity index (χ1v) is 9.49. The summed E-state index contributed by atoms with van der Waals surface area (Å²) in [7, 11) is 0. The Morgan fingerprint density at radius 2 is 1.92 bits per heavy atom. The highest BCUT2D eigenvalue weighted by molar-refractivity contribution is 7.99. The molecular weight excluding hydrogens is 346 g/mol. The Bertz CT molecular complexity index is 848. The van der Waals surface area contributed by atoms with Crippen molar-refractivity contribution in [2.75, 3.05) is 11.1 Å². The average molecular weight is 367 g/mol. The molecule has 26 heavy (non-hydrogen) atoms. The first-order chi connectivity index (χ1) is 12.7. The highest BCUT2D eigenvalue weighted by atomic mass is 32.2. The molecule has 3 aromatic rings. The molecule has 0 unspecified atom stereocenters. The molecule has 3 rings (SSSR count). The lowest BCUT2D eigenvalue weighted by Crippen LogP contribution is -2.14. The predicted molar refractivity (Wildman–Crippen MR) is 104 cm³/mol. The Balaban J connectivity index is 1.52. The van der Waals surface area contributed by atoms with Crippen LogP contribution in [0.2, 0.25) is 0 Å². The molecule has 7 heteroatoms. The molecule has 134 valence electrons. The maximum atomic E-state index is 12.1. The third-order valence-electron chi connectivity index (χ3n) is 4.13. The first kappa shape index (κ1) is 18.1. The molecule has 0 saturated heterocycles. The lowest BCUT2D eigenvalue weighted by Gasteiger charge is -2.10. The molecular formula is C19H21N5OS. The molecule has 2 aromatic heterocycles. The van der Waals surface area contributed by atoms with E-state index in [1.807, 2.05) is 24.3 Å². The van der Waals surface area contributed by atoms with Gasteiger partial charge in [-0.15, -0.1) is 5.10 Å². The molecule has 1 atom stereocenters. The molecule has 0 saturated carbocycles. The molecule has 1 amide bonds. The van der Waals surface area contributed by atoms with E-state index in [1.54, 1.807) is 12.4 Å². The Morgan fingerprint density at radius 1 is 1.19 bits per heavy atom. The molecule has 0 radical (unpaired) electrons. The predicted octanol–water partition coefficient (Wildman–Crippen LogP) is 4.11. The average Bonchev–Trinajstić information content (AvgIpc) is 3.16. The van der Waals surface area contributed by atoms with E-state index in [2.05, 4.69) is 51.5 Å². The molecule has 1 aromatic carbocycles. The number of aromatic amines is 1. The molecule has 2 N–H and O–H groups in total. The van der Waals surface area contributed by atoms with Gasteiger partial charge in [0.25, 0.3) is 0 Å². The van der Waals surface area contributed by atoms with E-state index in [9.17, 15) is 4.79 Å². The van der Waals surface area contributed by atoms with E-state index in [1.165, 1.54) is 17.3 Å². The number of benzene rings is 1. The smallest absolute Gasteiger partial charge is 0.234 e. The van der Waals surface area contributed by atoms with Gasteiger partial charge in [0.15, 0.2) is 5.82 Å². The number of thioether (sulfide) groups is 1. The van der Waals surface area contributed by atoms with Crippen molar-refractivity contribution in [2.24, 2.45) is 0 Å². The summed E-state index contributed by atoms with van der Waals surface area (Å²) < 4.78 is 0. The molecule has 2 heterocycles. The monoisotopic (exact) mass is 367 g/mol. The van der Waals surface area contributed by atoms with Crippen LogP contribution in [0.3, 0.4) is 0 Å². The van der Waals surface area contributed by atoms with Crippen LogP contribution >= 0.6 is 11.8 Å². The number of hydrogen-bond donors (Lipinski definition) is 2. The van der Waals surface area contributed by atoms with Gasteiger partial charge in [0.2, 0.25) is 11.1 Å². The summed E-state index contributed by atoms with van der Waals surface area (Å²) in [5.74, 6) is 1.36. The van der Waals surface area contributed by atoms with Crippen molar-refractivity contribution in [3.8, 4) is 11.4 Å². The second-order valence-electron chi connectivity index (χ2n) is 5.97. The standard InChI is InChI=1S/C19H21N5OS/c1-3-13(2)14-4-6-16(7-5-14)21-17(25)12-26-19-22-18(23-24-19)15-8-10-20-11-9-15/h4-11,13H,3,12H2,1-2H3,(H,21,25)(H,22,23,24)/t13-/m1/s1. The number of pyridine rings is 1. The van der Waals surface area contributed by atoms with E-state index >= 15 is 0 Å². The van der Waals surface area contributed by atoms with Crippen molar-refractivity contribution in [3.63, 3.8) is 0 Å². The number of aromatic nitrogens is 4. The van der Waals surface area contributed by atoms with Crippen molar-refractivity contribution in [1.29, 1.82) is 0 Å².